The van der Waals surface area contributed by atoms with E-state index in [0.29, 0.717) is 11.3 Å². The van der Waals surface area contributed by atoms with Crippen LogP contribution in [0.5, 0.6) is 0 Å². The minimum Gasteiger partial charge on any atom is -0.326 e. The fourth-order valence-corrected chi connectivity index (χ4v) is 3.72. The second-order valence-electron chi connectivity index (χ2n) is 6.21. The van der Waals surface area contributed by atoms with E-state index in [0.717, 1.165) is 22.2 Å². The number of amides is 3. The van der Waals surface area contributed by atoms with Crippen molar-refractivity contribution in [3.8, 4) is 0 Å². The molecule has 1 aliphatic rings. The van der Waals surface area contributed by atoms with Crippen molar-refractivity contribution in [2.45, 2.75) is 18.6 Å². The minimum atomic E-state index is -0.814. The van der Waals surface area contributed by atoms with Gasteiger partial charge in [0.25, 0.3) is 5.24 Å². The van der Waals surface area contributed by atoms with Crippen molar-refractivity contribution >= 4 is 40.3 Å². The average molecular weight is 382 g/mol. The van der Waals surface area contributed by atoms with E-state index in [4.69, 9.17) is 0 Å². The van der Waals surface area contributed by atoms with Crippen LogP contribution >= 0.6 is 11.8 Å². The third-order valence-electron chi connectivity index (χ3n) is 4.08. The summed E-state index contributed by atoms with van der Waals surface area (Å²) in [5, 5.41) is 1.41. The van der Waals surface area contributed by atoms with Gasteiger partial charge in [-0.1, -0.05) is 54.2 Å². The van der Waals surface area contributed by atoms with E-state index >= 15 is 0 Å². The summed E-state index contributed by atoms with van der Waals surface area (Å²) in [5.74, 6) is -1.17. The molecule has 138 valence electrons. The van der Waals surface area contributed by atoms with Crippen molar-refractivity contribution < 1.29 is 19.2 Å². The molecule has 0 unspecified atom stereocenters. The molecule has 27 heavy (non-hydrogen) atoms. The molecular weight excluding hydrogens is 364 g/mol. The van der Waals surface area contributed by atoms with E-state index < -0.39 is 16.4 Å². The molecule has 1 fully saturated rings. The lowest BCUT2D eigenvalue weighted by molar-refractivity contribution is -0.128. The molecule has 1 N–H and O–H groups in total. The lowest BCUT2D eigenvalue weighted by Crippen LogP contribution is -2.36. The Kier molecular flexibility index (Phi) is 5.71. The Hall–Kier alpha value is -2.93. The number of anilines is 1. The van der Waals surface area contributed by atoms with Gasteiger partial charge in [0.1, 0.15) is 5.25 Å². The van der Waals surface area contributed by atoms with Crippen LogP contribution in [0.1, 0.15) is 22.3 Å². The number of nitrogens with one attached hydrogen (secondary N) is 1. The van der Waals surface area contributed by atoms with Gasteiger partial charge in [-0.2, -0.15) is 0 Å². The first-order chi connectivity index (χ1) is 12.9. The Morgan fingerprint density at radius 3 is 2.52 bits per heavy atom. The van der Waals surface area contributed by atoms with Crippen molar-refractivity contribution in [1.29, 1.82) is 0 Å². The predicted molar refractivity (Wildman–Crippen MR) is 104 cm³/mol. The molecule has 0 radical (unpaired) electrons. The maximum absolute atomic E-state index is 12.5. The molecule has 6 nitrogen and oxygen atoms in total. The lowest BCUT2D eigenvalue weighted by Gasteiger charge is -2.13. The van der Waals surface area contributed by atoms with Crippen LogP contribution in [0.3, 0.4) is 0 Å². The largest absolute Gasteiger partial charge is 0.326 e. The van der Waals surface area contributed by atoms with E-state index in [1.807, 2.05) is 25.1 Å². The summed E-state index contributed by atoms with van der Waals surface area (Å²) in [6.07, 6.45) is -0.126. The molecule has 0 aromatic heterocycles. The summed E-state index contributed by atoms with van der Waals surface area (Å²) in [7, 11) is 0. The Balaban J connectivity index is 1.60. The number of aryl methyl sites for hydroxylation is 1. The van der Waals surface area contributed by atoms with Gasteiger partial charge in [-0.3, -0.25) is 24.1 Å². The van der Waals surface area contributed by atoms with E-state index in [1.54, 1.807) is 36.4 Å². The van der Waals surface area contributed by atoms with Crippen molar-refractivity contribution in [2.24, 2.45) is 0 Å². The summed E-state index contributed by atoms with van der Waals surface area (Å²) in [4.78, 5) is 50.0. The highest BCUT2D eigenvalue weighted by Gasteiger charge is 2.41. The van der Waals surface area contributed by atoms with E-state index in [9.17, 15) is 19.2 Å². The zero-order valence-electron chi connectivity index (χ0n) is 14.7. The highest BCUT2D eigenvalue weighted by atomic mass is 32.2. The second kappa shape index (κ2) is 8.18. The van der Waals surface area contributed by atoms with Crippen LogP contribution in [0.15, 0.2) is 54.6 Å². The summed E-state index contributed by atoms with van der Waals surface area (Å²) < 4.78 is 0. The number of carbonyl (C=O) groups excluding carboxylic acids is 4. The zero-order chi connectivity index (χ0) is 19.4. The summed E-state index contributed by atoms with van der Waals surface area (Å²) in [6, 6.07) is 15.8. The lowest BCUT2D eigenvalue weighted by atomic mass is 10.1. The Morgan fingerprint density at radius 2 is 1.81 bits per heavy atom. The van der Waals surface area contributed by atoms with Gasteiger partial charge in [-0.25, -0.2) is 0 Å². The van der Waals surface area contributed by atoms with Crippen LogP contribution in [-0.2, 0) is 9.59 Å². The monoisotopic (exact) mass is 382 g/mol. The number of nitrogens with zero attached hydrogens (tertiary/aromatic N) is 1. The number of hydrogen-bond donors (Lipinski definition) is 1. The summed E-state index contributed by atoms with van der Waals surface area (Å²) in [5.41, 5.74) is 2.07. The highest BCUT2D eigenvalue weighted by molar-refractivity contribution is 8.15. The SMILES string of the molecule is Cc1cccc(NC(=O)C[C@H]2SC(=O)N(CC(=O)c3ccccc3)C2=O)c1. The van der Waals surface area contributed by atoms with Gasteiger partial charge in [0.05, 0.1) is 6.54 Å². The Labute approximate surface area is 160 Å². The molecule has 2 aromatic rings. The molecule has 3 amide bonds. The molecule has 3 rings (SSSR count). The van der Waals surface area contributed by atoms with E-state index in [1.165, 1.54) is 0 Å². The van der Waals surface area contributed by atoms with Crippen LogP contribution in [0.25, 0.3) is 0 Å². The molecule has 0 aliphatic carbocycles. The number of thioether (sulfide) groups is 1. The number of carbonyl (C=O) groups is 4. The number of imide groups is 1. The molecule has 1 atom stereocenters. The van der Waals surface area contributed by atoms with Gasteiger partial charge in [-0.05, 0) is 24.6 Å². The Bertz CT molecular complexity index is 898. The first-order valence-electron chi connectivity index (χ1n) is 8.41. The zero-order valence-corrected chi connectivity index (χ0v) is 15.5. The number of ketones is 1. The molecule has 1 aliphatic heterocycles. The average Bonchev–Trinajstić information content (AvgIpc) is 2.89. The van der Waals surface area contributed by atoms with Crippen molar-refractivity contribution in [1.82, 2.24) is 4.90 Å². The molecule has 1 saturated heterocycles. The van der Waals surface area contributed by atoms with E-state index in [-0.39, 0.29) is 24.7 Å². The van der Waals surface area contributed by atoms with Crippen molar-refractivity contribution in [2.75, 3.05) is 11.9 Å². The van der Waals surface area contributed by atoms with Crippen LogP contribution in [0.2, 0.25) is 0 Å². The molecule has 0 bridgehead atoms. The quantitative estimate of drug-likeness (QED) is 0.775. The van der Waals surface area contributed by atoms with E-state index in [2.05, 4.69) is 5.32 Å². The third kappa shape index (κ3) is 4.62. The first-order valence-corrected chi connectivity index (χ1v) is 9.29. The van der Waals surface area contributed by atoms with Gasteiger partial charge in [0.2, 0.25) is 11.8 Å². The van der Waals surface area contributed by atoms with Gasteiger partial charge in [0, 0.05) is 17.7 Å². The molecule has 0 spiro atoms. The topological polar surface area (TPSA) is 83.6 Å². The van der Waals surface area contributed by atoms with Gasteiger partial charge < -0.3 is 5.32 Å². The number of rotatable bonds is 6. The maximum Gasteiger partial charge on any atom is 0.289 e. The van der Waals surface area contributed by atoms with Crippen LogP contribution in [-0.4, -0.2) is 39.5 Å². The van der Waals surface area contributed by atoms with Crippen LogP contribution in [0, 0.1) is 6.92 Å². The van der Waals surface area contributed by atoms with Gasteiger partial charge in [0.15, 0.2) is 5.78 Å². The number of Topliss-reactive ketones (excluding diaryl/α,β-unsaturated/α-hetero) is 1. The Morgan fingerprint density at radius 1 is 1.07 bits per heavy atom. The molecular formula is C20H18N2O4S. The van der Waals surface area contributed by atoms with Gasteiger partial charge in [-0.15, -0.1) is 0 Å². The predicted octanol–water partition coefficient (Wildman–Crippen LogP) is 3.27. The summed E-state index contributed by atoms with van der Waals surface area (Å²) in [6.45, 7) is 1.59. The maximum atomic E-state index is 12.5. The van der Waals surface area contributed by atoms with Gasteiger partial charge >= 0.3 is 0 Å². The fourth-order valence-electron chi connectivity index (χ4n) is 2.73. The van der Waals surface area contributed by atoms with Crippen LogP contribution < -0.4 is 5.32 Å². The fraction of sp³-hybridized carbons (Fsp3) is 0.200. The normalized spacial score (nSPS) is 16.5. The van der Waals surface area contributed by atoms with Crippen molar-refractivity contribution in [3.05, 3.63) is 65.7 Å². The molecule has 7 heteroatoms. The molecule has 2 aromatic carbocycles. The summed E-state index contributed by atoms with van der Waals surface area (Å²) >= 11 is 0.785. The van der Waals surface area contributed by atoms with Crippen molar-refractivity contribution in [3.63, 3.8) is 0 Å². The smallest absolute Gasteiger partial charge is 0.289 e. The minimum absolute atomic E-state index is 0.126. The first kappa shape index (κ1) is 18.8. The highest BCUT2D eigenvalue weighted by Crippen LogP contribution is 2.29. The number of hydrogen-bond acceptors (Lipinski definition) is 5. The molecule has 1 heterocycles. The third-order valence-corrected chi connectivity index (χ3v) is 5.15. The molecule has 0 saturated carbocycles. The second-order valence-corrected chi connectivity index (χ2v) is 7.36. The number of benzene rings is 2. The van der Waals surface area contributed by atoms with Crippen LogP contribution in [0.4, 0.5) is 10.5 Å². The standard InChI is InChI=1S/C20H18N2O4S/c1-13-6-5-9-15(10-13)21-18(24)11-17-19(25)22(20(26)27-17)12-16(23)14-7-3-2-4-8-14/h2-10,17H,11-12H2,1H3,(H,21,24)/t17-/m1/s1.